The molecule has 0 aliphatic carbocycles. The number of carbonyl (C=O) groups excluding carboxylic acids is 2. The molecule has 9 nitrogen and oxygen atoms in total. The molecule has 0 saturated heterocycles. The summed E-state index contributed by atoms with van der Waals surface area (Å²) in [6, 6.07) is 3.30. The van der Waals surface area contributed by atoms with E-state index in [0.717, 1.165) is 10.7 Å². The molecular weight excluding hydrogens is 366 g/mol. The summed E-state index contributed by atoms with van der Waals surface area (Å²) in [6.45, 7) is 1.60. The highest BCUT2D eigenvalue weighted by atomic mass is 32.1. The minimum Gasteiger partial charge on any atom is -0.350 e. The lowest BCUT2D eigenvalue weighted by molar-refractivity contribution is 0.0742. The van der Waals surface area contributed by atoms with E-state index in [0.29, 0.717) is 37.6 Å². The maximum Gasteiger partial charge on any atom is 0.271 e. The second kappa shape index (κ2) is 7.23. The zero-order chi connectivity index (χ0) is 18.8. The summed E-state index contributed by atoms with van der Waals surface area (Å²) in [5.74, 6) is 0.177. The number of hydrogen-bond donors (Lipinski definition) is 1. The molecule has 0 saturated carbocycles. The van der Waals surface area contributed by atoms with Crippen molar-refractivity contribution in [2.24, 2.45) is 0 Å². The second-order valence-corrected chi connectivity index (χ2v) is 6.95. The number of aromatic nitrogens is 5. The molecule has 138 valence electrons. The Morgan fingerprint density at radius 1 is 1.30 bits per heavy atom. The number of carbonyl (C=O) groups is 2. The van der Waals surface area contributed by atoms with Crippen LogP contribution in [0.5, 0.6) is 0 Å². The van der Waals surface area contributed by atoms with Gasteiger partial charge in [0.2, 0.25) is 0 Å². The maximum absolute atomic E-state index is 12.3. The molecule has 1 aliphatic heterocycles. The van der Waals surface area contributed by atoms with Gasteiger partial charge in [0.25, 0.3) is 11.8 Å². The lowest BCUT2D eigenvalue weighted by Gasteiger charge is -2.22. The van der Waals surface area contributed by atoms with Gasteiger partial charge < -0.3 is 10.2 Å². The van der Waals surface area contributed by atoms with Crippen LogP contribution in [0.3, 0.4) is 0 Å². The van der Waals surface area contributed by atoms with Crippen LogP contribution in [0.2, 0.25) is 0 Å². The van der Waals surface area contributed by atoms with Crippen molar-refractivity contribution in [2.75, 3.05) is 20.1 Å². The number of likely N-dealkylation sites (N-methyl/N-ethyl adjacent to an activating group) is 1. The lowest BCUT2D eigenvalue weighted by Crippen LogP contribution is -2.37. The third kappa shape index (κ3) is 3.56. The quantitative estimate of drug-likeness (QED) is 0.700. The molecule has 3 aromatic heterocycles. The van der Waals surface area contributed by atoms with Crippen molar-refractivity contribution in [2.45, 2.75) is 13.0 Å². The van der Waals surface area contributed by atoms with E-state index < -0.39 is 0 Å². The van der Waals surface area contributed by atoms with Crippen molar-refractivity contribution >= 4 is 23.2 Å². The summed E-state index contributed by atoms with van der Waals surface area (Å²) >= 11 is 1.47. The van der Waals surface area contributed by atoms with E-state index in [9.17, 15) is 9.59 Å². The fourth-order valence-corrected chi connectivity index (χ4v) is 3.54. The Bertz CT molecular complexity index is 982. The number of nitrogens with zero attached hydrogens (tertiary/aromatic N) is 6. The Hall–Kier alpha value is -3.14. The molecule has 0 unspecified atom stereocenters. The van der Waals surface area contributed by atoms with Gasteiger partial charge in [-0.25, -0.2) is 15.0 Å². The van der Waals surface area contributed by atoms with Gasteiger partial charge in [-0.1, -0.05) is 0 Å². The Labute approximate surface area is 159 Å². The van der Waals surface area contributed by atoms with E-state index in [2.05, 4.69) is 25.4 Å². The average Bonchev–Trinajstić information content (AvgIpc) is 3.33. The monoisotopic (exact) mass is 383 g/mol. The zero-order valence-electron chi connectivity index (χ0n) is 14.6. The number of fused-ring (bicyclic) bond motifs is 1. The first-order valence-corrected chi connectivity index (χ1v) is 9.33. The molecule has 1 N–H and O–H groups in total. The maximum atomic E-state index is 12.3. The summed E-state index contributed by atoms with van der Waals surface area (Å²) in [5, 5.41) is 9.74. The molecule has 1 aliphatic rings. The van der Waals surface area contributed by atoms with Gasteiger partial charge >= 0.3 is 0 Å². The molecule has 2 amide bonds. The smallest absolute Gasteiger partial charge is 0.271 e. The number of amides is 2. The fraction of sp³-hybridized carbons (Fsp3) is 0.294. The Morgan fingerprint density at radius 3 is 2.93 bits per heavy atom. The summed E-state index contributed by atoms with van der Waals surface area (Å²) in [6.07, 6.45) is 3.94. The van der Waals surface area contributed by atoms with Crippen molar-refractivity contribution in [3.8, 4) is 10.8 Å². The third-order valence-corrected chi connectivity index (χ3v) is 5.09. The zero-order valence-corrected chi connectivity index (χ0v) is 15.4. The van der Waals surface area contributed by atoms with Gasteiger partial charge in [-0.3, -0.25) is 14.3 Å². The van der Waals surface area contributed by atoms with Gasteiger partial charge in [0.05, 0.1) is 12.2 Å². The van der Waals surface area contributed by atoms with Crippen LogP contribution in [-0.4, -0.2) is 61.6 Å². The first-order valence-electron chi connectivity index (χ1n) is 8.45. The lowest BCUT2D eigenvalue weighted by atomic mass is 10.2. The largest absolute Gasteiger partial charge is 0.350 e. The standard InChI is InChI=1S/C17H17N7O2S/c1-23-7-8-24-13(17(23)26)9-12(22-24)15(25)20-6-3-11-10-27-16(21-11)14-18-4-2-5-19-14/h2,4-5,9-10H,3,6-8H2,1H3,(H,20,25). The molecule has 0 radical (unpaired) electrons. The van der Waals surface area contributed by atoms with Crippen molar-refractivity contribution in [1.82, 2.24) is 34.9 Å². The highest BCUT2D eigenvalue weighted by Gasteiger charge is 2.25. The third-order valence-electron chi connectivity index (χ3n) is 4.20. The van der Waals surface area contributed by atoms with Gasteiger partial charge in [-0.05, 0) is 6.07 Å². The van der Waals surface area contributed by atoms with E-state index in [4.69, 9.17) is 0 Å². The van der Waals surface area contributed by atoms with E-state index >= 15 is 0 Å². The fourth-order valence-electron chi connectivity index (χ4n) is 2.74. The predicted octanol–water partition coefficient (Wildman–Crippen LogP) is 0.855. The van der Waals surface area contributed by atoms with Gasteiger partial charge in [-0.15, -0.1) is 11.3 Å². The summed E-state index contributed by atoms with van der Waals surface area (Å²) in [5.41, 5.74) is 1.56. The molecule has 0 aromatic carbocycles. The first-order chi connectivity index (χ1) is 13.1. The Balaban J connectivity index is 1.35. The minimum absolute atomic E-state index is 0.120. The van der Waals surface area contributed by atoms with Crippen molar-refractivity contribution in [1.29, 1.82) is 0 Å². The van der Waals surface area contributed by atoms with E-state index in [1.165, 1.54) is 11.3 Å². The van der Waals surface area contributed by atoms with Gasteiger partial charge in [0, 0.05) is 50.4 Å². The Morgan fingerprint density at radius 2 is 2.11 bits per heavy atom. The second-order valence-electron chi connectivity index (χ2n) is 6.09. The van der Waals surface area contributed by atoms with Crippen molar-refractivity contribution in [3.05, 3.63) is 47.0 Å². The number of hydrogen-bond acceptors (Lipinski definition) is 7. The van der Waals surface area contributed by atoms with Crippen LogP contribution in [0.1, 0.15) is 26.7 Å². The predicted molar refractivity (Wildman–Crippen MR) is 98.4 cm³/mol. The summed E-state index contributed by atoms with van der Waals surface area (Å²) in [7, 11) is 1.74. The van der Waals surface area contributed by atoms with Crippen LogP contribution in [0.15, 0.2) is 29.9 Å². The van der Waals surface area contributed by atoms with Crippen LogP contribution >= 0.6 is 11.3 Å². The van der Waals surface area contributed by atoms with Crippen LogP contribution in [0.25, 0.3) is 10.8 Å². The van der Waals surface area contributed by atoms with Gasteiger partial charge in [0.15, 0.2) is 16.5 Å². The first kappa shape index (κ1) is 17.3. The molecular formula is C17H17N7O2S. The average molecular weight is 383 g/mol. The van der Waals surface area contributed by atoms with Crippen molar-refractivity contribution in [3.63, 3.8) is 0 Å². The highest BCUT2D eigenvalue weighted by Crippen LogP contribution is 2.19. The SMILES string of the molecule is CN1CCn2nc(C(=O)NCCc3csc(-c4ncccn4)n3)cc2C1=O. The van der Waals surface area contributed by atoms with Gasteiger partial charge in [-0.2, -0.15) is 5.10 Å². The minimum atomic E-state index is -0.297. The number of nitrogens with one attached hydrogen (secondary N) is 1. The number of rotatable bonds is 5. The Kier molecular flexibility index (Phi) is 4.63. The molecule has 0 bridgehead atoms. The molecule has 4 rings (SSSR count). The molecule has 0 spiro atoms. The topological polar surface area (TPSA) is 106 Å². The van der Waals surface area contributed by atoms with Crippen LogP contribution in [-0.2, 0) is 13.0 Å². The number of thiazole rings is 1. The van der Waals surface area contributed by atoms with E-state index in [-0.39, 0.29) is 17.5 Å². The molecule has 27 heavy (non-hydrogen) atoms. The highest BCUT2D eigenvalue weighted by molar-refractivity contribution is 7.13. The molecule has 10 heteroatoms. The molecule has 0 atom stereocenters. The van der Waals surface area contributed by atoms with Crippen molar-refractivity contribution < 1.29 is 9.59 Å². The molecule has 3 aromatic rings. The van der Waals surface area contributed by atoms with Crippen LogP contribution < -0.4 is 5.32 Å². The molecule has 4 heterocycles. The van der Waals surface area contributed by atoms with E-state index in [1.807, 2.05) is 5.38 Å². The van der Waals surface area contributed by atoms with E-state index in [1.54, 1.807) is 41.2 Å². The molecule has 0 fully saturated rings. The summed E-state index contributed by atoms with van der Waals surface area (Å²) in [4.78, 5) is 38.9. The summed E-state index contributed by atoms with van der Waals surface area (Å²) < 4.78 is 1.59. The van der Waals surface area contributed by atoms with Crippen LogP contribution in [0.4, 0.5) is 0 Å². The normalized spacial score (nSPS) is 13.5. The van der Waals surface area contributed by atoms with Gasteiger partial charge in [0.1, 0.15) is 5.69 Å². The van der Waals surface area contributed by atoms with Crippen LogP contribution in [0, 0.1) is 0 Å².